The topological polar surface area (TPSA) is 72.0 Å². The molecule has 0 bridgehead atoms. The summed E-state index contributed by atoms with van der Waals surface area (Å²) in [4.78, 5) is 0. The van der Waals surface area contributed by atoms with Gasteiger partial charge in [-0.25, -0.2) is 8.42 Å². The molecule has 108 valence electrons. The molecule has 5 nitrogen and oxygen atoms in total. The van der Waals surface area contributed by atoms with Gasteiger partial charge in [0.15, 0.2) is 0 Å². The van der Waals surface area contributed by atoms with Crippen molar-refractivity contribution in [2.45, 2.75) is 39.7 Å². The summed E-state index contributed by atoms with van der Waals surface area (Å²) in [7, 11) is -2.89. The van der Waals surface area contributed by atoms with E-state index in [9.17, 15) is 8.42 Å². The zero-order valence-corrected chi connectivity index (χ0v) is 12.9. The van der Waals surface area contributed by atoms with Crippen molar-refractivity contribution in [2.75, 3.05) is 18.6 Å². The molecule has 0 fully saturated rings. The number of rotatable bonds is 7. The average molecular weight is 285 g/mol. The molecule has 0 aromatic carbocycles. The first-order chi connectivity index (χ1) is 8.83. The Balaban J connectivity index is 2.79. The Kier molecular flexibility index (Phi) is 5.87. The van der Waals surface area contributed by atoms with Gasteiger partial charge in [-0.3, -0.25) is 0 Å². The van der Waals surface area contributed by atoms with Crippen LogP contribution in [0.25, 0.3) is 0 Å². The van der Waals surface area contributed by atoms with Crippen molar-refractivity contribution in [3.8, 4) is 0 Å². The van der Waals surface area contributed by atoms with Gasteiger partial charge in [-0.05, 0) is 44.9 Å². The maximum atomic E-state index is 11.2. The lowest BCUT2D eigenvalue weighted by Crippen LogP contribution is -2.23. The van der Waals surface area contributed by atoms with Crippen LogP contribution in [-0.2, 0) is 9.84 Å². The van der Waals surface area contributed by atoms with E-state index in [1.807, 2.05) is 26.8 Å². The molecule has 0 aliphatic carbocycles. The second-order valence-corrected chi connectivity index (χ2v) is 7.17. The summed E-state index contributed by atoms with van der Waals surface area (Å²) in [5.74, 6) is 0.228. The third-order valence-electron chi connectivity index (χ3n) is 2.97. The van der Waals surface area contributed by atoms with Crippen LogP contribution in [0.15, 0.2) is 6.07 Å². The molecule has 1 atom stereocenters. The molecule has 1 rings (SSSR count). The predicted octanol–water partition coefficient (Wildman–Crippen LogP) is 1.57. The van der Waals surface area contributed by atoms with E-state index >= 15 is 0 Å². The molecule has 1 N–H and O–H groups in total. The largest absolute Gasteiger partial charge is 0.310 e. The van der Waals surface area contributed by atoms with Crippen LogP contribution in [0.4, 0.5) is 0 Å². The Bertz CT molecular complexity index is 515. The molecular formula is C13H23N3O2S. The van der Waals surface area contributed by atoms with Crippen molar-refractivity contribution in [3.63, 3.8) is 0 Å². The van der Waals surface area contributed by atoms with Gasteiger partial charge in [0.2, 0.25) is 0 Å². The van der Waals surface area contributed by atoms with Crippen LogP contribution in [0.2, 0.25) is 0 Å². The Morgan fingerprint density at radius 2 is 2.00 bits per heavy atom. The fourth-order valence-corrected chi connectivity index (χ4v) is 2.78. The van der Waals surface area contributed by atoms with Crippen molar-refractivity contribution in [2.24, 2.45) is 0 Å². The van der Waals surface area contributed by atoms with Gasteiger partial charge in [-0.1, -0.05) is 6.92 Å². The molecule has 6 heteroatoms. The Morgan fingerprint density at radius 3 is 2.58 bits per heavy atom. The maximum Gasteiger partial charge on any atom is 0.147 e. The van der Waals surface area contributed by atoms with Crippen molar-refractivity contribution in [1.29, 1.82) is 0 Å². The van der Waals surface area contributed by atoms with Gasteiger partial charge in [0.25, 0.3) is 0 Å². The van der Waals surface area contributed by atoms with Crippen LogP contribution in [0.3, 0.4) is 0 Å². The van der Waals surface area contributed by atoms with Gasteiger partial charge in [0.05, 0.1) is 11.4 Å². The maximum absolute atomic E-state index is 11.2. The number of hydrogen-bond acceptors (Lipinski definition) is 5. The van der Waals surface area contributed by atoms with Gasteiger partial charge in [0.1, 0.15) is 9.84 Å². The van der Waals surface area contributed by atoms with Crippen LogP contribution >= 0.6 is 0 Å². The summed E-state index contributed by atoms with van der Waals surface area (Å²) in [5, 5.41) is 11.5. The van der Waals surface area contributed by atoms with E-state index in [0.29, 0.717) is 6.42 Å². The molecule has 0 amide bonds. The highest BCUT2D eigenvalue weighted by Crippen LogP contribution is 2.21. The smallest absolute Gasteiger partial charge is 0.147 e. The van der Waals surface area contributed by atoms with Crippen molar-refractivity contribution >= 4 is 9.84 Å². The van der Waals surface area contributed by atoms with Gasteiger partial charge >= 0.3 is 0 Å². The monoisotopic (exact) mass is 285 g/mol. The van der Waals surface area contributed by atoms with Gasteiger partial charge < -0.3 is 5.32 Å². The van der Waals surface area contributed by atoms with Crippen LogP contribution < -0.4 is 5.32 Å². The van der Waals surface area contributed by atoms with E-state index in [1.54, 1.807) is 0 Å². The predicted molar refractivity (Wildman–Crippen MR) is 76.9 cm³/mol. The van der Waals surface area contributed by atoms with E-state index in [4.69, 9.17) is 0 Å². The fraction of sp³-hybridized carbons (Fsp3) is 0.692. The first-order valence-corrected chi connectivity index (χ1v) is 8.61. The van der Waals surface area contributed by atoms with Crippen molar-refractivity contribution in [1.82, 2.24) is 15.5 Å². The highest BCUT2D eigenvalue weighted by atomic mass is 32.2. The Morgan fingerprint density at radius 1 is 1.32 bits per heavy atom. The zero-order chi connectivity index (χ0) is 14.5. The zero-order valence-electron chi connectivity index (χ0n) is 12.1. The minimum atomic E-state index is -2.89. The van der Waals surface area contributed by atoms with Crippen molar-refractivity contribution in [3.05, 3.63) is 23.0 Å². The lowest BCUT2D eigenvalue weighted by Gasteiger charge is -2.19. The normalized spacial score (nSPS) is 13.5. The highest BCUT2D eigenvalue weighted by Gasteiger charge is 2.15. The summed E-state index contributed by atoms with van der Waals surface area (Å²) >= 11 is 0. The SMILES string of the molecule is CCNC(CCCS(C)(=O)=O)c1cc(C)nnc1C. The van der Waals surface area contributed by atoms with Crippen molar-refractivity contribution < 1.29 is 8.42 Å². The van der Waals surface area contributed by atoms with Crippen LogP contribution in [-0.4, -0.2) is 37.2 Å². The van der Waals surface area contributed by atoms with E-state index in [0.717, 1.165) is 29.9 Å². The molecule has 0 aliphatic rings. The van der Waals surface area contributed by atoms with Gasteiger partial charge in [-0.2, -0.15) is 10.2 Å². The van der Waals surface area contributed by atoms with Gasteiger partial charge in [0, 0.05) is 18.1 Å². The fourth-order valence-electron chi connectivity index (χ4n) is 2.09. The van der Waals surface area contributed by atoms with Gasteiger partial charge in [-0.15, -0.1) is 0 Å². The molecule has 1 aromatic rings. The molecule has 0 aliphatic heterocycles. The molecular weight excluding hydrogens is 262 g/mol. The second kappa shape index (κ2) is 6.96. The molecule has 0 saturated carbocycles. The van der Waals surface area contributed by atoms with E-state index < -0.39 is 9.84 Å². The Labute approximate surface area is 115 Å². The van der Waals surface area contributed by atoms with E-state index in [2.05, 4.69) is 15.5 Å². The molecule has 19 heavy (non-hydrogen) atoms. The summed E-state index contributed by atoms with van der Waals surface area (Å²) in [6.07, 6.45) is 2.71. The Hall–Kier alpha value is -1.01. The minimum Gasteiger partial charge on any atom is -0.310 e. The number of nitrogens with zero attached hydrogens (tertiary/aromatic N) is 2. The minimum absolute atomic E-state index is 0.140. The number of hydrogen-bond donors (Lipinski definition) is 1. The summed E-state index contributed by atoms with van der Waals surface area (Å²) in [6.45, 7) is 6.73. The molecule has 0 spiro atoms. The first-order valence-electron chi connectivity index (χ1n) is 6.55. The standard InChI is InChI=1S/C13H23N3O2S/c1-5-14-13(7-6-8-19(4,17)18)12-9-10(2)15-16-11(12)3/h9,13-14H,5-8H2,1-4H3. The summed E-state index contributed by atoms with van der Waals surface area (Å²) < 4.78 is 22.4. The number of nitrogens with one attached hydrogen (secondary N) is 1. The molecule has 1 unspecified atom stereocenters. The lowest BCUT2D eigenvalue weighted by molar-refractivity contribution is 0.501. The summed E-state index contributed by atoms with van der Waals surface area (Å²) in [6, 6.07) is 2.16. The molecule has 1 aromatic heterocycles. The summed E-state index contributed by atoms with van der Waals surface area (Å²) in [5.41, 5.74) is 2.89. The average Bonchev–Trinajstić information content (AvgIpc) is 2.30. The number of sulfone groups is 1. The molecule has 0 saturated heterocycles. The molecule has 1 heterocycles. The van der Waals surface area contributed by atoms with Crippen LogP contribution in [0.5, 0.6) is 0 Å². The second-order valence-electron chi connectivity index (χ2n) is 4.91. The number of aromatic nitrogens is 2. The van der Waals surface area contributed by atoms with Crippen LogP contribution in [0, 0.1) is 13.8 Å². The molecule has 0 radical (unpaired) electrons. The number of aryl methyl sites for hydroxylation is 2. The highest BCUT2D eigenvalue weighted by molar-refractivity contribution is 7.90. The first kappa shape index (κ1) is 16.0. The lowest BCUT2D eigenvalue weighted by atomic mass is 10.0. The van der Waals surface area contributed by atoms with E-state index in [1.165, 1.54) is 6.26 Å². The quantitative estimate of drug-likeness (QED) is 0.823. The van der Waals surface area contributed by atoms with E-state index in [-0.39, 0.29) is 11.8 Å². The third-order valence-corrected chi connectivity index (χ3v) is 4.00. The third kappa shape index (κ3) is 5.65. The van der Waals surface area contributed by atoms with Crippen LogP contribution in [0.1, 0.15) is 42.8 Å².